The van der Waals surface area contributed by atoms with E-state index in [0.29, 0.717) is 18.5 Å². The molecule has 1 aromatic carbocycles. The number of rotatable bonds is 1. The van der Waals surface area contributed by atoms with E-state index >= 15 is 0 Å². The summed E-state index contributed by atoms with van der Waals surface area (Å²) in [6.07, 6.45) is 0.395. The van der Waals surface area contributed by atoms with Gasteiger partial charge in [0.1, 0.15) is 5.54 Å². The fourth-order valence-corrected chi connectivity index (χ4v) is 2.32. The van der Waals surface area contributed by atoms with Gasteiger partial charge in [-0.15, -0.1) is 0 Å². The molecule has 0 fully saturated rings. The lowest BCUT2D eigenvalue weighted by molar-refractivity contribution is -0.144. The molecule has 0 radical (unpaired) electrons. The molecule has 4 nitrogen and oxygen atoms in total. The highest BCUT2D eigenvalue weighted by molar-refractivity contribution is 9.10. The van der Waals surface area contributed by atoms with Crippen molar-refractivity contribution in [2.45, 2.75) is 12.0 Å². The molecule has 0 spiro atoms. The van der Waals surface area contributed by atoms with Crippen LogP contribution in [0.4, 0.5) is 5.69 Å². The van der Waals surface area contributed by atoms with Gasteiger partial charge in [-0.1, -0.05) is 12.1 Å². The number of nitrogens with two attached hydrogens (primary N) is 1. The first-order chi connectivity index (χ1) is 7.05. The second-order valence-electron chi connectivity index (χ2n) is 3.62. The molecule has 80 valence electrons. The van der Waals surface area contributed by atoms with Crippen molar-refractivity contribution in [3.63, 3.8) is 0 Å². The van der Waals surface area contributed by atoms with Crippen LogP contribution in [0.15, 0.2) is 22.7 Å². The number of hydrogen-bond acceptors (Lipinski definition) is 3. The van der Waals surface area contributed by atoms with E-state index < -0.39 is 11.5 Å². The maximum atomic E-state index is 11.2. The van der Waals surface area contributed by atoms with Crippen molar-refractivity contribution < 1.29 is 9.90 Å². The lowest BCUT2D eigenvalue weighted by Gasteiger charge is -2.33. The van der Waals surface area contributed by atoms with Gasteiger partial charge in [-0.05, 0) is 28.4 Å². The highest BCUT2D eigenvalue weighted by atomic mass is 79.9. The van der Waals surface area contributed by atoms with E-state index in [9.17, 15) is 4.79 Å². The second kappa shape index (κ2) is 3.50. The minimum absolute atomic E-state index is 0.395. The molecule has 1 atom stereocenters. The first-order valence-electron chi connectivity index (χ1n) is 4.61. The smallest absolute Gasteiger partial charge is 0.328 e. The number of anilines is 1. The Labute approximate surface area is 95.6 Å². The van der Waals surface area contributed by atoms with Crippen molar-refractivity contribution in [1.82, 2.24) is 0 Å². The molecule has 4 N–H and O–H groups in total. The van der Waals surface area contributed by atoms with Crippen molar-refractivity contribution in [3.05, 3.63) is 28.2 Å². The number of carboxylic acids is 1. The maximum Gasteiger partial charge on any atom is 0.328 e. The van der Waals surface area contributed by atoms with E-state index in [1.54, 1.807) is 12.1 Å². The highest BCUT2D eigenvalue weighted by Gasteiger charge is 2.40. The monoisotopic (exact) mass is 270 g/mol. The molecule has 5 heteroatoms. The second-order valence-corrected chi connectivity index (χ2v) is 4.47. The summed E-state index contributed by atoms with van der Waals surface area (Å²) in [5.74, 6) is -0.983. The lowest BCUT2D eigenvalue weighted by atomic mass is 9.84. The molecule has 0 aliphatic carbocycles. The third kappa shape index (κ3) is 1.52. The van der Waals surface area contributed by atoms with Gasteiger partial charge in [0.25, 0.3) is 0 Å². The summed E-state index contributed by atoms with van der Waals surface area (Å²) in [6, 6.07) is 5.40. The molecule has 0 aromatic heterocycles. The van der Waals surface area contributed by atoms with Crippen molar-refractivity contribution in [2.75, 3.05) is 11.9 Å². The van der Waals surface area contributed by atoms with Gasteiger partial charge in [0.2, 0.25) is 0 Å². The van der Waals surface area contributed by atoms with Crippen molar-refractivity contribution in [2.24, 2.45) is 5.73 Å². The first-order valence-corrected chi connectivity index (χ1v) is 5.40. The SMILES string of the molecule is NC1(C(=O)O)CCNc2c(Br)cccc21. The molecule has 1 aliphatic heterocycles. The third-order valence-corrected chi connectivity index (χ3v) is 3.36. The Morgan fingerprint density at radius 1 is 1.60 bits per heavy atom. The molecule has 1 unspecified atom stereocenters. The van der Waals surface area contributed by atoms with Gasteiger partial charge in [0.05, 0.1) is 5.69 Å². The lowest BCUT2D eigenvalue weighted by Crippen LogP contribution is -2.49. The number of nitrogens with one attached hydrogen (secondary N) is 1. The number of carboxylic acid groups (broad SMARTS) is 1. The van der Waals surface area contributed by atoms with Crippen LogP contribution in [0.2, 0.25) is 0 Å². The Morgan fingerprint density at radius 2 is 2.33 bits per heavy atom. The minimum Gasteiger partial charge on any atom is -0.480 e. The van der Waals surface area contributed by atoms with Crippen LogP contribution in [-0.4, -0.2) is 17.6 Å². The van der Waals surface area contributed by atoms with E-state index in [2.05, 4.69) is 21.2 Å². The van der Waals surface area contributed by atoms with Gasteiger partial charge in [-0.3, -0.25) is 0 Å². The van der Waals surface area contributed by atoms with Crippen LogP contribution >= 0.6 is 15.9 Å². The summed E-state index contributed by atoms with van der Waals surface area (Å²) >= 11 is 3.37. The minimum atomic E-state index is -1.27. The Kier molecular flexibility index (Phi) is 2.44. The quantitative estimate of drug-likeness (QED) is 0.723. The first kappa shape index (κ1) is 10.4. The average Bonchev–Trinajstić information content (AvgIpc) is 2.20. The predicted octanol–water partition coefficient (Wildman–Crippen LogP) is 1.50. The highest BCUT2D eigenvalue weighted by Crippen LogP contribution is 2.37. The van der Waals surface area contributed by atoms with Crippen molar-refractivity contribution in [1.29, 1.82) is 0 Å². The van der Waals surface area contributed by atoms with Crippen LogP contribution in [0.3, 0.4) is 0 Å². The summed E-state index contributed by atoms with van der Waals surface area (Å²) < 4.78 is 0.843. The molecule has 15 heavy (non-hydrogen) atoms. The third-order valence-electron chi connectivity index (χ3n) is 2.70. The molecule has 0 saturated carbocycles. The molecule has 0 bridgehead atoms. The fourth-order valence-electron chi connectivity index (χ4n) is 1.82. The Balaban J connectivity index is 2.61. The van der Waals surface area contributed by atoms with Gasteiger partial charge in [-0.2, -0.15) is 0 Å². The van der Waals surface area contributed by atoms with E-state index in [-0.39, 0.29) is 0 Å². The van der Waals surface area contributed by atoms with Crippen molar-refractivity contribution >= 4 is 27.6 Å². The van der Waals surface area contributed by atoms with Crippen LogP contribution in [0.5, 0.6) is 0 Å². The van der Waals surface area contributed by atoms with Gasteiger partial charge in [0, 0.05) is 16.6 Å². The molecule has 1 aromatic rings. The van der Waals surface area contributed by atoms with Crippen LogP contribution in [0, 0.1) is 0 Å². The van der Waals surface area contributed by atoms with Crippen molar-refractivity contribution in [3.8, 4) is 0 Å². The van der Waals surface area contributed by atoms with E-state index in [4.69, 9.17) is 10.8 Å². The average molecular weight is 271 g/mol. The summed E-state index contributed by atoms with van der Waals surface area (Å²) in [4.78, 5) is 11.2. The van der Waals surface area contributed by atoms with Gasteiger partial charge >= 0.3 is 5.97 Å². The maximum absolute atomic E-state index is 11.2. The molecule has 1 aliphatic rings. The molecular weight excluding hydrogens is 260 g/mol. The van der Waals surface area contributed by atoms with Crippen LogP contribution in [-0.2, 0) is 10.3 Å². The number of aliphatic carboxylic acids is 1. The topological polar surface area (TPSA) is 75.4 Å². The molecule has 2 rings (SSSR count). The fraction of sp³-hybridized carbons (Fsp3) is 0.300. The molecular formula is C10H11BrN2O2. The van der Waals surface area contributed by atoms with Crippen LogP contribution in [0.1, 0.15) is 12.0 Å². The van der Waals surface area contributed by atoms with E-state index in [1.165, 1.54) is 0 Å². The van der Waals surface area contributed by atoms with E-state index in [0.717, 1.165) is 10.2 Å². The van der Waals surface area contributed by atoms with Crippen LogP contribution < -0.4 is 11.1 Å². The summed E-state index contributed by atoms with van der Waals surface area (Å²) in [5, 5.41) is 12.3. The normalized spacial score (nSPS) is 24.1. The van der Waals surface area contributed by atoms with Crippen LogP contribution in [0.25, 0.3) is 0 Å². The predicted molar refractivity (Wildman–Crippen MR) is 60.7 cm³/mol. The zero-order valence-electron chi connectivity index (χ0n) is 7.96. The zero-order chi connectivity index (χ0) is 11.1. The number of halogens is 1. The number of benzene rings is 1. The Hall–Kier alpha value is -1.07. The van der Waals surface area contributed by atoms with Gasteiger partial charge < -0.3 is 16.2 Å². The molecule has 1 heterocycles. The van der Waals surface area contributed by atoms with E-state index in [1.807, 2.05) is 6.07 Å². The number of carbonyl (C=O) groups is 1. The Morgan fingerprint density at radius 3 is 3.00 bits per heavy atom. The van der Waals surface area contributed by atoms with Gasteiger partial charge in [-0.25, -0.2) is 4.79 Å². The standard InChI is InChI=1S/C10H11BrN2O2/c11-7-3-1-2-6-8(7)13-5-4-10(6,12)9(14)15/h1-3,13H,4-5,12H2,(H,14,15). The summed E-state index contributed by atoms with van der Waals surface area (Å²) in [5.41, 5.74) is 6.07. The Bertz CT molecular complexity index is 422. The summed E-state index contributed by atoms with van der Waals surface area (Å²) in [7, 11) is 0. The summed E-state index contributed by atoms with van der Waals surface area (Å²) in [6.45, 7) is 0.568. The zero-order valence-corrected chi connectivity index (χ0v) is 9.54. The largest absolute Gasteiger partial charge is 0.480 e. The number of hydrogen-bond donors (Lipinski definition) is 3. The van der Waals surface area contributed by atoms with Gasteiger partial charge in [0.15, 0.2) is 0 Å². The number of para-hydroxylation sites is 1. The number of fused-ring (bicyclic) bond motifs is 1. The molecule has 0 saturated heterocycles. The molecule has 0 amide bonds.